The molecule has 0 N–H and O–H groups in total. The van der Waals surface area contributed by atoms with Crippen molar-refractivity contribution in [1.29, 1.82) is 0 Å². The Bertz CT molecular complexity index is 538. The van der Waals surface area contributed by atoms with Gasteiger partial charge in [0.15, 0.2) is 0 Å². The van der Waals surface area contributed by atoms with Gasteiger partial charge in [0.2, 0.25) is 0 Å². The van der Waals surface area contributed by atoms with E-state index in [2.05, 4.69) is 43.3 Å². The topological polar surface area (TPSA) is 30.3 Å². The number of aromatic nitrogens is 2. The van der Waals surface area contributed by atoms with Crippen molar-refractivity contribution in [1.82, 2.24) is 14.7 Å². The molecule has 0 spiro atoms. The molecule has 0 aromatic carbocycles. The summed E-state index contributed by atoms with van der Waals surface area (Å²) in [5.41, 5.74) is 2.65. The fraction of sp³-hybridized carbons (Fsp3) is 0.864. The zero-order valence-corrected chi connectivity index (χ0v) is 17.4. The molecule has 0 amide bonds. The van der Waals surface area contributed by atoms with Crippen molar-refractivity contribution < 1.29 is 4.74 Å². The number of hydrogen-bond donors (Lipinski definition) is 0. The van der Waals surface area contributed by atoms with Crippen LogP contribution in [0.1, 0.15) is 102 Å². The average molecular weight is 362 g/mol. The van der Waals surface area contributed by atoms with E-state index < -0.39 is 0 Å². The van der Waals surface area contributed by atoms with Gasteiger partial charge in [-0.15, -0.1) is 0 Å². The number of rotatable bonds is 8. The number of nitrogens with zero attached hydrogens (tertiary/aromatic N) is 3. The van der Waals surface area contributed by atoms with Crippen LogP contribution < -0.4 is 0 Å². The highest BCUT2D eigenvalue weighted by Gasteiger charge is 2.26. The van der Waals surface area contributed by atoms with Crippen molar-refractivity contribution >= 4 is 0 Å². The molecule has 3 rings (SSSR count). The minimum atomic E-state index is 0.465. The highest BCUT2D eigenvalue weighted by molar-refractivity contribution is 5.17. The minimum absolute atomic E-state index is 0.465. The number of likely N-dealkylation sites (tertiary alicyclic amines) is 1. The summed E-state index contributed by atoms with van der Waals surface area (Å²) in [5, 5.41) is 4.97. The van der Waals surface area contributed by atoms with Crippen molar-refractivity contribution in [2.45, 2.75) is 96.6 Å². The van der Waals surface area contributed by atoms with Gasteiger partial charge in [0.05, 0.1) is 17.8 Å². The SMILES string of the molecule is CC(C)c1cc(C(C)C)n([C@H]2CC[C@@H](OCCCN3CCCC3)CC2)n1. The Balaban J connectivity index is 1.44. The summed E-state index contributed by atoms with van der Waals surface area (Å²) < 4.78 is 8.54. The number of hydrogen-bond acceptors (Lipinski definition) is 3. The molecule has 1 saturated carbocycles. The van der Waals surface area contributed by atoms with Gasteiger partial charge < -0.3 is 9.64 Å². The maximum absolute atomic E-state index is 6.19. The van der Waals surface area contributed by atoms with Crippen LogP contribution in [0.15, 0.2) is 6.07 Å². The molecule has 1 aliphatic carbocycles. The van der Waals surface area contributed by atoms with Gasteiger partial charge in [-0.2, -0.15) is 5.10 Å². The van der Waals surface area contributed by atoms with E-state index in [0.29, 0.717) is 24.0 Å². The van der Waals surface area contributed by atoms with E-state index in [4.69, 9.17) is 9.84 Å². The van der Waals surface area contributed by atoms with Crippen LogP contribution in [0.4, 0.5) is 0 Å². The molecule has 1 aliphatic heterocycles. The summed E-state index contributed by atoms with van der Waals surface area (Å²) in [5.74, 6) is 1.04. The molecular weight excluding hydrogens is 322 g/mol. The Morgan fingerprint density at radius 3 is 2.35 bits per heavy atom. The van der Waals surface area contributed by atoms with Crippen molar-refractivity contribution in [2.24, 2.45) is 0 Å². The van der Waals surface area contributed by atoms with Crippen molar-refractivity contribution in [3.8, 4) is 0 Å². The minimum Gasteiger partial charge on any atom is -0.378 e. The van der Waals surface area contributed by atoms with Crippen LogP contribution in [0.3, 0.4) is 0 Å². The third kappa shape index (κ3) is 5.10. The van der Waals surface area contributed by atoms with E-state index in [-0.39, 0.29) is 0 Å². The van der Waals surface area contributed by atoms with Crippen LogP contribution in [0.25, 0.3) is 0 Å². The monoisotopic (exact) mass is 361 g/mol. The Hall–Kier alpha value is -0.870. The lowest BCUT2D eigenvalue weighted by molar-refractivity contribution is 0.0143. The fourth-order valence-electron chi connectivity index (χ4n) is 4.44. The Morgan fingerprint density at radius 2 is 1.73 bits per heavy atom. The molecule has 26 heavy (non-hydrogen) atoms. The van der Waals surface area contributed by atoms with Crippen LogP contribution in [-0.4, -0.2) is 47.0 Å². The molecule has 0 atom stereocenters. The molecule has 0 radical (unpaired) electrons. The van der Waals surface area contributed by atoms with Crippen molar-refractivity contribution in [3.63, 3.8) is 0 Å². The zero-order chi connectivity index (χ0) is 18.5. The summed E-state index contributed by atoms with van der Waals surface area (Å²) in [6, 6.07) is 2.89. The molecule has 0 bridgehead atoms. The van der Waals surface area contributed by atoms with Crippen LogP contribution in [0, 0.1) is 0 Å². The lowest BCUT2D eigenvalue weighted by Crippen LogP contribution is -2.27. The summed E-state index contributed by atoms with van der Waals surface area (Å²) in [7, 11) is 0. The summed E-state index contributed by atoms with van der Waals surface area (Å²) in [4.78, 5) is 2.58. The maximum Gasteiger partial charge on any atom is 0.0653 e. The second-order valence-corrected chi connectivity index (χ2v) is 8.95. The maximum atomic E-state index is 6.19. The molecule has 148 valence electrons. The van der Waals surface area contributed by atoms with E-state index in [1.165, 1.54) is 76.0 Å². The van der Waals surface area contributed by atoms with E-state index in [0.717, 1.165) is 6.61 Å². The molecule has 2 aliphatic rings. The molecule has 0 unspecified atom stereocenters. The lowest BCUT2D eigenvalue weighted by atomic mass is 9.92. The molecule has 1 aromatic rings. The van der Waals surface area contributed by atoms with Crippen LogP contribution >= 0.6 is 0 Å². The lowest BCUT2D eigenvalue weighted by Gasteiger charge is -2.30. The van der Waals surface area contributed by atoms with Gasteiger partial charge in [-0.05, 0) is 75.9 Å². The average Bonchev–Trinajstić information content (AvgIpc) is 3.29. The molecule has 1 saturated heterocycles. The van der Waals surface area contributed by atoms with E-state index in [9.17, 15) is 0 Å². The second kappa shape index (κ2) is 9.36. The zero-order valence-electron chi connectivity index (χ0n) is 17.4. The van der Waals surface area contributed by atoms with Gasteiger partial charge >= 0.3 is 0 Å². The Labute approximate surface area is 160 Å². The summed E-state index contributed by atoms with van der Waals surface area (Å²) in [6.07, 6.45) is 9.20. The number of ether oxygens (including phenoxy) is 1. The van der Waals surface area contributed by atoms with Crippen LogP contribution in [0.2, 0.25) is 0 Å². The smallest absolute Gasteiger partial charge is 0.0653 e. The van der Waals surface area contributed by atoms with Gasteiger partial charge in [-0.25, -0.2) is 0 Å². The molecule has 1 aromatic heterocycles. The standard InChI is InChI=1S/C22H39N3O/c1-17(2)21-16-22(18(3)4)25(23-21)19-8-10-20(11-9-19)26-15-7-14-24-12-5-6-13-24/h16-20H,5-15H2,1-4H3/t19-,20+. The predicted octanol–water partition coefficient (Wildman–Crippen LogP) is 5.12. The van der Waals surface area contributed by atoms with Crippen molar-refractivity contribution in [2.75, 3.05) is 26.2 Å². The Morgan fingerprint density at radius 1 is 1.04 bits per heavy atom. The van der Waals surface area contributed by atoms with Gasteiger partial charge in [0.25, 0.3) is 0 Å². The van der Waals surface area contributed by atoms with Gasteiger partial charge in [0, 0.05) is 18.8 Å². The van der Waals surface area contributed by atoms with E-state index >= 15 is 0 Å². The first-order chi connectivity index (χ1) is 12.5. The van der Waals surface area contributed by atoms with Crippen molar-refractivity contribution in [3.05, 3.63) is 17.5 Å². The molecule has 2 fully saturated rings. The fourth-order valence-corrected chi connectivity index (χ4v) is 4.44. The first-order valence-corrected chi connectivity index (χ1v) is 11.0. The molecule has 4 heteroatoms. The molecule has 4 nitrogen and oxygen atoms in total. The second-order valence-electron chi connectivity index (χ2n) is 8.95. The van der Waals surface area contributed by atoms with Gasteiger partial charge in [-0.3, -0.25) is 4.68 Å². The molecular formula is C22H39N3O. The van der Waals surface area contributed by atoms with E-state index in [1.54, 1.807) is 0 Å². The summed E-state index contributed by atoms with van der Waals surface area (Å²) >= 11 is 0. The third-order valence-electron chi connectivity index (χ3n) is 6.13. The largest absolute Gasteiger partial charge is 0.378 e. The first kappa shape index (κ1) is 19.9. The third-order valence-corrected chi connectivity index (χ3v) is 6.13. The molecule has 2 heterocycles. The van der Waals surface area contributed by atoms with Crippen LogP contribution in [0.5, 0.6) is 0 Å². The highest BCUT2D eigenvalue weighted by Crippen LogP contribution is 2.33. The predicted molar refractivity (Wildman–Crippen MR) is 108 cm³/mol. The van der Waals surface area contributed by atoms with Gasteiger partial charge in [0.1, 0.15) is 0 Å². The Kier molecular flexibility index (Phi) is 7.16. The van der Waals surface area contributed by atoms with Gasteiger partial charge in [-0.1, -0.05) is 27.7 Å². The van der Waals surface area contributed by atoms with Crippen LogP contribution in [-0.2, 0) is 4.74 Å². The normalized spacial score (nSPS) is 24.8. The highest BCUT2D eigenvalue weighted by atomic mass is 16.5. The quantitative estimate of drug-likeness (QED) is 0.602. The first-order valence-electron chi connectivity index (χ1n) is 11.0. The summed E-state index contributed by atoms with van der Waals surface area (Å²) in [6.45, 7) is 13.8. The van der Waals surface area contributed by atoms with E-state index in [1.807, 2.05) is 0 Å².